The Balaban J connectivity index is 2.14. The normalized spacial score (nSPS) is 23.8. The highest BCUT2D eigenvalue weighted by Crippen LogP contribution is 2.54. The van der Waals surface area contributed by atoms with Crippen LogP contribution in [0.3, 0.4) is 0 Å². The van der Waals surface area contributed by atoms with Gasteiger partial charge in [-0.05, 0) is 25.1 Å². The SMILES string of the molecule is CNC(=O)CSC1=C(C(=O)O)N2C(=O)[C@@H]([C@H](C)O[Si](C)(C)C(C)(C)C)[C@H]2S1. The number of amides is 2. The van der Waals surface area contributed by atoms with Crippen LogP contribution in [0.4, 0.5) is 0 Å². The lowest BCUT2D eigenvalue weighted by atomic mass is 9.92. The molecule has 7 nitrogen and oxygen atoms in total. The van der Waals surface area contributed by atoms with E-state index >= 15 is 0 Å². The second-order valence-corrected chi connectivity index (χ2v) is 15.4. The number of aliphatic carboxylic acids is 1. The molecule has 0 aliphatic carbocycles. The van der Waals surface area contributed by atoms with E-state index in [4.69, 9.17) is 4.43 Å². The molecule has 10 heteroatoms. The zero-order chi connectivity index (χ0) is 20.7. The van der Waals surface area contributed by atoms with E-state index in [9.17, 15) is 19.5 Å². The van der Waals surface area contributed by atoms with Gasteiger partial charge in [0.05, 0.1) is 22.0 Å². The molecule has 2 aliphatic heterocycles. The largest absolute Gasteiger partial charge is 0.477 e. The van der Waals surface area contributed by atoms with Gasteiger partial charge in [0.2, 0.25) is 11.8 Å². The first kappa shape index (κ1) is 22.3. The van der Waals surface area contributed by atoms with Gasteiger partial charge in [-0.25, -0.2) is 4.79 Å². The first-order chi connectivity index (χ1) is 12.3. The molecule has 1 saturated heterocycles. The fraction of sp³-hybridized carbons (Fsp3) is 0.706. The number of hydrogen-bond donors (Lipinski definition) is 2. The van der Waals surface area contributed by atoms with Crippen LogP contribution in [-0.4, -0.2) is 60.4 Å². The fourth-order valence-corrected chi connectivity index (χ4v) is 6.98. The van der Waals surface area contributed by atoms with Crippen molar-refractivity contribution in [2.45, 2.75) is 57.3 Å². The van der Waals surface area contributed by atoms with Crippen LogP contribution in [0.25, 0.3) is 0 Å². The summed E-state index contributed by atoms with van der Waals surface area (Å²) in [6.07, 6.45) is -0.287. The molecule has 152 valence electrons. The number of carbonyl (C=O) groups excluding carboxylic acids is 2. The summed E-state index contributed by atoms with van der Waals surface area (Å²) in [6, 6.07) is 0. The van der Waals surface area contributed by atoms with Crippen LogP contribution in [-0.2, 0) is 18.8 Å². The maximum absolute atomic E-state index is 12.7. The Morgan fingerprint density at radius 2 is 2.00 bits per heavy atom. The summed E-state index contributed by atoms with van der Waals surface area (Å²) in [5, 5.41) is 11.8. The molecule has 0 saturated carbocycles. The van der Waals surface area contributed by atoms with E-state index in [1.54, 1.807) is 0 Å². The second kappa shape index (κ2) is 7.80. The zero-order valence-corrected chi connectivity index (χ0v) is 19.4. The standard InChI is InChI=1S/C17H28N2O5S2Si/c1-9(24-27(6,7)17(2,3)4)11-13(21)19-12(15(22)23)16(26-14(11)19)25-8-10(20)18-5/h9,11,14H,8H2,1-7H3,(H,18,20)(H,22,23)/t9-,11+,14+/m0/s1. The lowest BCUT2D eigenvalue weighted by Crippen LogP contribution is -2.62. The fourth-order valence-electron chi connectivity index (χ4n) is 2.76. The molecule has 2 rings (SSSR count). The summed E-state index contributed by atoms with van der Waals surface area (Å²) >= 11 is 2.50. The van der Waals surface area contributed by atoms with Crippen LogP contribution in [0.1, 0.15) is 27.7 Å². The van der Waals surface area contributed by atoms with Gasteiger partial charge in [-0.3, -0.25) is 14.5 Å². The predicted octanol–water partition coefficient (Wildman–Crippen LogP) is 2.66. The van der Waals surface area contributed by atoms with Gasteiger partial charge in [0.1, 0.15) is 5.37 Å². The molecule has 0 aromatic heterocycles. The number of rotatable bonds is 7. The van der Waals surface area contributed by atoms with E-state index in [0.29, 0.717) is 4.24 Å². The second-order valence-electron chi connectivity index (χ2n) is 8.23. The van der Waals surface area contributed by atoms with Crippen molar-refractivity contribution in [3.05, 3.63) is 9.93 Å². The van der Waals surface area contributed by atoms with E-state index < -0.39 is 14.3 Å². The van der Waals surface area contributed by atoms with Crippen molar-refractivity contribution in [1.82, 2.24) is 10.2 Å². The van der Waals surface area contributed by atoms with Gasteiger partial charge in [-0.15, -0.1) is 11.8 Å². The number of carboxylic acids is 1. The van der Waals surface area contributed by atoms with Crippen LogP contribution in [0, 0.1) is 5.92 Å². The number of β-lactam (4-membered cyclic amide) rings is 1. The molecular weight excluding hydrogens is 404 g/mol. The lowest BCUT2D eigenvalue weighted by Gasteiger charge is -2.48. The molecule has 0 aromatic carbocycles. The third-order valence-corrected chi connectivity index (χ3v) is 12.6. The van der Waals surface area contributed by atoms with Crippen LogP contribution >= 0.6 is 23.5 Å². The van der Waals surface area contributed by atoms with Crippen molar-refractivity contribution in [3.8, 4) is 0 Å². The van der Waals surface area contributed by atoms with Crippen LogP contribution in [0.15, 0.2) is 9.93 Å². The van der Waals surface area contributed by atoms with Crippen LogP contribution in [0.5, 0.6) is 0 Å². The Morgan fingerprint density at radius 3 is 2.48 bits per heavy atom. The molecule has 2 aliphatic rings. The Morgan fingerprint density at radius 1 is 1.41 bits per heavy atom. The topological polar surface area (TPSA) is 95.9 Å². The molecule has 2 heterocycles. The minimum Gasteiger partial charge on any atom is -0.477 e. The molecule has 2 amide bonds. The average Bonchev–Trinajstić information content (AvgIpc) is 2.85. The summed E-state index contributed by atoms with van der Waals surface area (Å²) in [5.74, 6) is -1.81. The number of carboxylic acid groups (broad SMARTS) is 1. The summed E-state index contributed by atoms with van der Waals surface area (Å²) in [4.78, 5) is 37.3. The van der Waals surface area contributed by atoms with Crippen LogP contribution in [0.2, 0.25) is 18.1 Å². The van der Waals surface area contributed by atoms with Gasteiger partial charge in [-0.2, -0.15) is 0 Å². The molecule has 0 bridgehead atoms. The molecule has 3 atom stereocenters. The van der Waals surface area contributed by atoms with Gasteiger partial charge in [0, 0.05) is 7.05 Å². The molecular formula is C17H28N2O5S2Si. The highest BCUT2D eigenvalue weighted by molar-refractivity contribution is 8.23. The maximum atomic E-state index is 12.7. The van der Waals surface area contributed by atoms with E-state index in [1.807, 2.05) is 6.92 Å². The Kier molecular flexibility index (Phi) is 6.45. The minimum absolute atomic E-state index is 0.0142. The third kappa shape index (κ3) is 4.23. The maximum Gasteiger partial charge on any atom is 0.354 e. The number of hydrogen-bond acceptors (Lipinski definition) is 6. The summed E-state index contributed by atoms with van der Waals surface area (Å²) in [5.41, 5.74) is -0.0142. The van der Waals surface area contributed by atoms with Crippen molar-refractivity contribution in [3.63, 3.8) is 0 Å². The molecule has 2 N–H and O–H groups in total. The van der Waals surface area contributed by atoms with Crippen molar-refractivity contribution >= 4 is 49.6 Å². The number of fused-ring (bicyclic) bond motifs is 1. The Labute approximate surface area is 169 Å². The number of carbonyl (C=O) groups is 3. The average molecular weight is 433 g/mol. The van der Waals surface area contributed by atoms with Gasteiger partial charge in [0.15, 0.2) is 14.0 Å². The van der Waals surface area contributed by atoms with Gasteiger partial charge in [-0.1, -0.05) is 32.5 Å². The Hall–Kier alpha value is -0.973. The Bertz CT molecular complexity index is 689. The zero-order valence-electron chi connectivity index (χ0n) is 16.8. The van der Waals surface area contributed by atoms with Crippen LogP contribution < -0.4 is 5.32 Å². The van der Waals surface area contributed by atoms with Crippen molar-refractivity contribution in [1.29, 1.82) is 0 Å². The number of nitrogens with one attached hydrogen (secondary N) is 1. The monoisotopic (exact) mass is 432 g/mol. The minimum atomic E-state index is -2.05. The first-order valence-corrected chi connectivity index (χ1v) is 13.6. The predicted molar refractivity (Wildman–Crippen MR) is 111 cm³/mol. The van der Waals surface area contributed by atoms with E-state index in [1.165, 1.54) is 23.7 Å². The van der Waals surface area contributed by atoms with E-state index in [2.05, 4.69) is 39.2 Å². The third-order valence-electron chi connectivity index (χ3n) is 5.35. The molecule has 0 aromatic rings. The van der Waals surface area contributed by atoms with Crippen molar-refractivity contribution in [2.24, 2.45) is 5.92 Å². The summed E-state index contributed by atoms with van der Waals surface area (Å²) < 4.78 is 6.88. The van der Waals surface area contributed by atoms with Crippen molar-refractivity contribution in [2.75, 3.05) is 12.8 Å². The van der Waals surface area contributed by atoms with E-state index in [0.717, 1.165) is 11.8 Å². The van der Waals surface area contributed by atoms with E-state index in [-0.39, 0.29) is 45.7 Å². The van der Waals surface area contributed by atoms with Gasteiger partial charge < -0.3 is 14.8 Å². The molecule has 0 spiro atoms. The summed E-state index contributed by atoms with van der Waals surface area (Å²) in [6.45, 7) is 12.6. The number of thioether (sulfide) groups is 2. The van der Waals surface area contributed by atoms with Crippen molar-refractivity contribution < 1.29 is 23.9 Å². The quantitative estimate of drug-likeness (QED) is 0.472. The highest BCUT2D eigenvalue weighted by atomic mass is 32.2. The molecule has 0 unspecified atom stereocenters. The molecule has 0 radical (unpaired) electrons. The van der Waals surface area contributed by atoms with Gasteiger partial charge in [0.25, 0.3) is 0 Å². The van der Waals surface area contributed by atoms with Gasteiger partial charge >= 0.3 is 5.97 Å². The lowest BCUT2D eigenvalue weighted by molar-refractivity contribution is -0.156. The summed E-state index contributed by atoms with van der Waals surface area (Å²) in [7, 11) is -0.514. The number of nitrogens with zero attached hydrogens (tertiary/aromatic N) is 1. The first-order valence-electron chi connectivity index (χ1n) is 8.80. The highest BCUT2D eigenvalue weighted by Gasteiger charge is 2.59. The molecule has 27 heavy (non-hydrogen) atoms. The molecule has 1 fully saturated rings. The smallest absolute Gasteiger partial charge is 0.354 e.